The smallest absolute Gasteiger partial charge is 0.248 e. The Morgan fingerprint density at radius 1 is 1.11 bits per heavy atom. The van der Waals surface area contributed by atoms with Gasteiger partial charge in [0.1, 0.15) is 19.0 Å². The van der Waals surface area contributed by atoms with Gasteiger partial charge in [-0.1, -0.05) is 6.07 Å². The van der Waals surface area contributed by atoms with Crippen molar-refractivity contribution in [3.63, 3.8) is 0 Å². The molecule has 9 nitrogen and oxygen atoms in total. The Morgan fingerprint density at radius 2 is 1.97 bits per heavy atom. The molecule has 2 aromatic carbocycles. The minimum atomic E-state index is -0.551. The topological polar surface area (TPSA) is 89.3 Å². The predicted octanol–water partition coefficient (Wildman–Crippen LogP) is 2.09. The van der Waals surface area contributed by atoms with Gasteiger partial charge in [-0.25, -0.2) is 4.98 Å². The van der Waals surface area contributed by atoms with Gasteiger partial charge in [0.05, 0.1) is 26.9 Å². The van der Waals surface area contributed by atoms with Crippen LogP contribution in [0.25, 0.3) is 17.1 Å². The van der Waals surface area contributed by atoms with Crippen LogP contribution in [0.2, 0.25) is 0 Å². The Morgan fingerprint density at radius 3 is 2.77 bits per heavy atom. The average Bonchev–Trinajstić information content (AvgIpc) is 3.38. The number of rotatable bonds is 4. The molecule has 1 fully saturated rings. The molecular weight excluding hydrogens is 448 g/mol. The molecule has 2 aliphatic rings. The van der Waals surface area contributed by atoms with Crippen LogP contribution < -0.4 is 9.47 Å². The van der Waals surface area contributed by atoms with Gasteiger partial charge in [0.25, 0.3) is 0 Å². The molecule has 0 saturated carbocycles. The number of imidazole rings is 1. The molecule has 3 aromatic rings. The fraction of sp³-hybridized carbons (Fsp3) is 0.385. The molecule has 9 heteroatoms. The predicted molar refractivity (Wildman–Crippen MR) is 130 cm³/mol. The molecule has 3 heterocycles. The van der Waals surface area contributed by atoms with E-state index in [0.29, 0.717) is 24.6 Å². The van der Waals surface area contributed by atoms with Crippen LogP contribution in [-0.2, 0) is 22.6 Å². The molecule has 0 aliphatic carbocycles. The third kappa shape index (κ3) is 5.17. The van der Waals surface area contributed by atoms with E-state index in [1.165, 1.54) is 0 Å². The molecule has 1 aromatic heterocycles. The van der Waals surface area contributed by atoms with Gasteiger partial charge in [0, 0.05) is 49.8 Å². The number of hydrogen-bond donors (Lipinski definition) is 1. The molecule has 1 saturated heterocycles. The van der Waals surface area contributed by atoms with Gasteiger partial charge in [-0.3, -0.25) is 14.3 Å². The normalized spacial score (nSPS) is 16.3. The summed E-state index contributed by atoms with van der Waals surface area (Å²) in [5.74, 6) is 1.63. The first kappa shape index (κ1) is 23.3. The molecule has 35 heavy (non-hydrogen) atoms. The zero-order chi connectivity index (χ0) is 24.2. The van der Waals surface area contributed by atoms with E-state index >= 15 is 0 Å². The highest BCUT2D eigenvalue weighted by Gasteiger charge is 2.19. The lowest BCUT2D eigenvalue weighted by Crippen LogP contribution is -2.36. The Balaban J connectivity index is 1.60. The molecule has 2 aliphatic heterocycles. The van der Waals surface area contributed by atoms with Crippen molar-refractivity contribution in [1.29, 1.82) is 0 Å². The van der Waals surface area contributed by atoms with Crippen molar-refractivity contribution in [2.75, 3.05) is 53.2 Å². The van der Waals surface area contributed by atoms with Crippen LogP contribution in [-0.4, -0.2) is 83.5 Å². The number of carbonyl (C=O) groups is 1. The molecule has 1 amide bonds. The number of amides is 1. The van der Waals surface area contributed by atoms with Gasteiger partial charge in [-0.2, -0.15) is 0 Å². The fourth-order valence-corrected chi connectivity index (χ4v) is 4.61. The van der Waals surface area contributed by atoms with Crippen molar-refractivity contribution in [2.24, 2.45) is 0 Å². The van der Waals surface area contributed by atoms with Crippen molar-refractivity contribution >= 4 is 5.91 Å². The Hall–Kier alpha value is -3.40. The molecule has 0 atom stereocenters. The minimum absolute atomic E-state index is 0.264. The maximum absolute atomic E-state index is 12.6. The summed E-state index contributed by atoms with van der Waals surface area (Å²) in [4.78, 5) is 21.2. The maximum Gasteiger partial charge on any atom is 0.248 e. The number of benzene rings is 2. The third-order valence-electron chi connectivity index (χ3n) is 6.37. The Kier molecular flexibility index (Phi) is 6.98. The molecule has 0 unspecified atom stereocenters. The number of aliphatic hydroxyl groups is 1. The second-order valence-corrected chi connectivity index (χ2v) is 8.70. The second kappa shape index (κ2) is 10.5. The molecule has 4 bridgehead atoms. The lowest BCUT2D eigenvalue weighted by molar-refractivity contribution is -0.135. The number of hydrogen-bond acceptors (Lipinski definition) is 7. The highest BCUT2D eigenvalue weighted by atomic mass is 16.5. The van der Waals surface area contributed by atoms with Crippen LogP contribution in [0, 0.1) is 0 Å². The number of carbonyl (C=O) groups excluding carboxylic acids is 1. The number of methoxy groups -OCH3 is 1. The summed E-state index contributed by atoms with van der Waals surface area (Å²) in [6, 6.07) is 12.1. The number of ether oxygens (including phenoxy) is 3. The van der Waals surface area contributed by atoms with E-state index in [4.69, 9.17) is 14.2 Å². The van der Waals surface area contributed by atoms with Crippen molar-refractivity contribution in [3.05, 3.63) is 59.9 Å². The molecule has 184 valence electrons. The van der Waals surface area contributed by atoms with Crippen molar-refractivity contribution < 1.29 is 24.1 Å². The summed E-state index contributed by atoms with van der Waals surface area (Å²) in [7, 11) is 1.60. The van der Waals surface area contributed by atoms with Gasteiger partial charge in [0.15, 0.2) is 11.5 Å². The van der Waals surface area contributed by atoms with Gasteiger partial charge in [0.2, 0.25) is 5.91 Å². The second-order valence-electron chi connectivity index (χ2n) is 8.70. The van der Waals surface area contributed by atoms with Gasteiger partial charge in [-0.05, 0) is 41.5 Å². The number of fused-ring (bicyclic) bond motifs is 7. The highest BCUT2D eigenvalue weighted by Crippen LogP contribution is 2.33. The van der Waals surface area contributed by atoms with E-state index in [9.17, 15) is 9.90 Å². The zero-order valence-corrected chi connectivity index (χ0v) is 19.9. The molecule has 1 N–H and O–H groups in total. The summed E-state index contributed by atoms with van der Waals surface area (Å²) < 4.78 is 19.1. The third-order valence-corrected chi connectivity index (χ3v) is 6.37. The van der Waals surface area contributed by atoms with Crippen LogP contribution in [0.5, 0.6) is 11.5 Å². The van der Waals surface area contributed by atoms with E-state index in [0.717, 1.165) is 61.1 Å². The maximum atomic E-state index is 12.6. The number of nitrogens with zero attached hydrogens (tertiary/aromatic N) is 4. The van der Waals surface area contributed by atoms with Crippen LogP contribution >= 0.6 is 0 Å². The first-order chi connectivity index (χ1) is 17.1. The SMILES string of the molecule is COc1ccc2cc1OCCN(C(=O)CO)Cc1cc(CN3CCOCC3)cc(c1)-n1ccnc1-2. The monoisotopic (exact) mass is 478 g/mol. The lowest BCUT2D eigenvalue weighted by atomic mass is 10.1. The fourth-order valence-electron chi connectivity index (χ4n) is 4.61. The number of aromatic nitrogens is 2. The summed E-state index contributed by atoms with van der Waals surface area (Å²) >= 11 is 0. The largest absolute Gasteiger partial charge is 0.493 e. The standard InChI is InChI=1S/C26H30N4O5/c1-33-23-3-2-21-15-24(23)35-11-8-29(25(32)18-31)17-20-12-19(16-28-6-9-34-10-7-28)13-22(14-20)30-5-4-27-26(21)30/h2-5,12-15,31H,6-11,16-18H2,1H3. The summed E-state index contributed by atoms with van der Waals surface area (Å²) in [6.07, 6.45) is 3.72. The first-order valence-corrected chi connectivity index (χ1v) is 11.8. The van der Waals surface area contributed by atoms with Crippen molar-refractivity contribution in [2.45, 2.75) is 13.1 Å². The number of morpholine rings is 1. The van der Waals surface area contributed by atoms with E-state index in [2.05, 4.69) is 28.1 Å². The van der Waals surface area contributed by atoms with Crippen LogP contribution in [0.15, 0.2) is 48.8 Å². The molecule has 0 spiro atoms. The van der Waals surface area contributed by atoms with Gasteiger partial charge >= 0.3 is 0 Å². The summed E-state index contributed by atoms with van der Waals surface area (Å²) in [5.41, 5.74) is 3.99. The zero-order valence-electron chi connectivity index (χ0n) is 19.9. The van der Waals surface area contributed by atoms with E-state index in [-0.39, 0.29) is 12.5 Å². The van der Waals surface area contributed by atoms with Gasteiger partial charge < -0.3 is 24.2 Å². The lowest BCUT2D eigenvalue weighted by Gasteiger charge is -2.27. The van der Waals surface area contributed by atoms with Crippen molar-refractivity contribution in [1.82, 2.24) is 19.4 Å². The van der Waals surface area contributed by atoms with E-state index < -0.39 is 6.61 Å². The van der Waals surface area contributed by atoms with Crippen LogP contribution in [0.4, 0.5) is 0 Å². The van der Waals surface area contributed by atoms with Crippen LogP contribution in [0.3, 0.4) is 0 Å². The summed E-state index contributed by atoms with van der Waals surface area (Å²) in [6.45, 7) is 4.44. The molecular formula is C26H30N4O5. The number of aliphatic hydroxyl groups excluding tert-OH is 1. The Bertz CT molecular complexity index is 1190. The minimum Gasteiger partial charge on any atom is -0.493 e. The first-order valence-electron chi connectivity index (χ1n) is 11.8. The van der Waals surface area contributed by atoms with Crippen LogP contribution in [0.1, 0.15) is 11.1 Å². The van der Waals surface area contributed by atoms with Crippen molar-refractivity contribution in [3.8, 4) is 28.6 Å². The highest BCUT2D eigenvalue weighted by molar-refractivity contribution is 5.77. The Labute approximate surface area is 204 Å². The van der Waals surface area contributed by atoms with E-state index in [1.54, 1.807) is 18.2 Å². The molecule has 0 radical (unpaired) electrons. The van der Waals surface area contributed by atoms with Gasteiger partial charge in [-0.15, -0.1) is 0 Å². The van der Waals surface area contributed by atoms with E-state index in [1.807, 2.05) is 29.0 Å². The average molecular weight is 479 g/mol. The molecule has 5 rings (SSSR count). The quantitative estimate of drug-likeness (QED) is 0.614. The summed E-state index contributed by atoms with van der Waals surface area (Å²) in [5, 5.41) is 9.58.